The van der Waals surface area contributed by atoms with Gasteiger partial charge in [0.2, 0.25) is 0 Å². The third-order valence-electron chi connectivity index (χ3n) is 4.31. The zero-order valence-electron chi connectivity index (χ0n) is 15.8. The van der Waals surface area contributed by atoms with Crippen molar-refractivity contribution in [3.05, 3.63) is 62.8 Å². The van der Waals surface area contributed by atoms with E-state index in [-0.39, 0.29) is 24.1 Å². The lowest BCUT2D eigenvalue weighted by Gasteiger charge is -2.15. The lowest BCUT2D eigenvalue weighted by molar-refractivity contribution is -0.153. The number of carbonyl (C=O) groups excluding carboxylic acids is 2. The number of esters is 1. The van der Waals surface area contributed by atoms with Gasteiger partial charge < -0.3 is 15.0 Å². The fourth-order valence-corrected chi connectivity index (χ4v) is 2.75. The Morgan fingerprint density at radius 3 is 2.64 bits per heavy atom. The number of anilines is 1. The van der Waals surface area contributed by atoms with E-state index < -0.39 is 29.4 Å². The van der Waals surface area contributed by atoms with Gasteiger partial charge in [-0.25, -0.2) is 4.39 Å². The maximum atomic E-state index is 13.6. The van der Waals surface area contributed by atoms with Crippen LogP contribution in [0.25, 0.3) is 0 Å². The highest BCUT2D eigenvalue weighted by atomic mass is 19.1. The van der Waals surface area contributed by atoms with Gasteiger partial charge in [-0.1, -0.05) is 12.1 Å². The van der Waals surface area contributed by atoms with E-state index in [0.717, 1.165) is 0 Å². The monoisotopic (exact) mass is 385 g/mol. The minimum absolute atomic E-state index is 0.000999. The highest BCUT2D eigenvalue weighted by Crippen LogP contribution is 2.16. The Balaban J connectivity index is 1.98. The number of nitrogens with one attached hydrogen (secondary N) is 2. The molecule has 1 heterocycles. The molecule has 0 aliphatic carbocycles. The molecule has 0 radical (unpaired) electrons. The van der Waals surface area contributed by atoms with Crippen molar-refractivity contribution < 1.29 is 18.7 Å². The first-order valence-corrected chi connectivity index (χ1v) is 8.62. The van der Waals surface area contributed by atoms with Gasteiger partial charge in [0.05, 0.1) is 5.69 Å². The second-order valence-electron chi connectivity index (χ2n) is 6.27. The van der Waals surface area contributed by atoms with Crippen LogP contribution < -0.4 is 10.9 Å². The smallest absolute Gasteiger partial charge is 0.306 e. The number of carbonyl (C=O) groups is 2. The number of nitriles is 1. The number of rotatable bonds is 6. The number of nitrogens with zero attached hydrogens (tertiary/aromatic N) is 1. The zero-order valence-corrected chi connectivity index (χ0v) is 15.8. The lowest BCUT2D eigenvalue weighted by atomic mass is 9.99. The minimum atomic E-state index is -1.11. The van der Waals surface area contributed by atoms with Crippen LogP contribution in [-0.2, 0) is 20.7 Å². The van der Waals surface area contributed by atoms with Gasteiger partial charge in [0.1, 0.15) is 17.4 Å². The Hall–Kier alpha value is -3.47. The Bertz CT molecular complexity index is 1010. The average molecular weight is 385 g/mol. The summed E-state index contributed by atoms with van der Waals surface area (Å²) in [5, 5.41) is 11.4. The summed E-state index contributed by atoms with van der Waals surface area (Å²) < 4.78 is 18.7. The summed E-state index contributed by atoms with van der Waals surface area (Å²) in [7, 11) is 0. The maximum Gasteiger partial charge on any atom is 0.306 e. The number of hydrogen-bond donors (Lipinski definition) is 2. The molecule has 2 rings (SSSR count). The molecule has 0 unspecified atom stereocenters. The van der Waals surface area contributed by atoms with E-state index in [1.165, 1.54) is 25.1 Å². The van der Waals surface area contributed by atoms with Crippen molar-refractivity contribution in [3.8, 4) is 6.07 Å². The van der Waals surface area contributed by atoms with E-state index in [0.29, 0.717) is 16.8 Å². The molecule has 0 saturated carbocycles. The van der Waals surface area contributed by atoms with Crippen LogP contribution in [0.3, 0.4) is 0 Å². The standard InChI is InChI=1S/C20H20FN3O4/c1-11-14(12(2)23-20(27)15(11)10-22)8-9-18(25)28-13(3)19(26)24-17-7-5-4-6-16(17)21/h4-7,13H,8-9H2,1-3H3,(H,23,27)(H,24,26)/t13-/m0/s1. The van der Waals surface area contributed by atoms with Crippen LogP contribution in [0.4, 0.5) is 10.1 Å². The Labute approximate surface area is 161 Å². The summed E-state index contributed by atoms with van der Waals surface area (Å²) in [4.78, 5) is 38.5. The number of halogens is 1. The molecular weight excluding hydrogens is 365 g/mol. The highest BCUT2D eigenvalue weighted by Gasteiger charge is 2.20. The first-order chi connectivity index (χ1) is 13.2. The minimum Gasteiger partial charge on any atom is -0.453 e. The number of pyridine rings is 1. The molecule has 1 aromatic heterocycles. The van der Waals surface area contributed by atoms with Gasteiger partial charge in [-0.15, -0.1) is 0 Å². The molecular formula is C20H20FN3O4. The number of aromatic amines is 1. The Morgan fingerprint density at radius 2 is 2.00 bits per heavy atom. The van der Waals surface area contributed by atoms with Crippen LogP contribution in [-0.4, -0.2) is 23.0 Å². The van der Waals surface area contributed by atoms with Crippen molar-refractivity contribution in [3.63, 3.8) is 0 Å². The van der Waals surface area contributed by atoms with Crippen LogP contribution in [0.1, 0.15) is 35.7 Å². The fourth-order valence-electron chi connectivity index (χ4n) is 2.75. The first-order valence-electron chi connectivity index (χ1n) is 8.62. The molecule has 0 bridgehead atoms. The van der Waals surface area contributed by atoms with Crippen molar-refractivity contribution in [1.29, 1.82) is 5.26 Å². The van der Waals surface area contributed by atoms with Crippen LogP contribution in [0, 0.1) is 31.0 Å². The average Bonchev–Trinajstić information content (AvgIpc) is 2.63. The molecule has 1 amide bonds. The molecule has 28 heavy (non-hydrogen) atoms. The van der Waals surface area contributed by atoms with Crippen molar-refractivity contribution in [2.45, 2.75) is 39.7 Å². The van der Waals surface area contributed by atoms with Crippen LogP contribution in [0.15, 0.2) is 29.1 Å². The summed E-state index contributed by atoms with van der Waals surface area (Å²) in [6, 6.07) is 7.52. The van der Waals surface area contributed by atoms with E-state index >= 15 is 0 Å². The molecule has 1 aromatic carbocycles. The van der Waals surface area contributed by atoms with Crippen LogP contribution in [0.5, 0.6) is 0 Å². The molecule has 7 nitrogen and oxygen atoms in total. The number of para-hydroxylation sites is 1. The predicted molar refractivity (Wildman–Crippen MR) is 100 cm³/mol. The summed E-state index contributed by atoms with van der Waals surface area (Å²) >= 11 is 0. The molecule has 2 N–H and O–H groups in total. The topological polar surface area (TPSA) is 112 Å². The number of aryl methyl sites for hydroxylation is 1. The highest BCUT2D eigenvalue weighted by molar-refractivity contribution is 5.95. The molecule has 8 heteroatoms. The normalized spacial score (nSPS) is 11.4. The maximum absolute atomic E-state index is 13.6. The van der Waals surface area contributed by atoms with E-state index in [4.69, 9.17) is 10.00 Å². The molecule has 1 atom stereocenters. The van der Waals surface area contributed by atoms with Gasteiger partial charge in [-0.2, -0.15) is 5.26 Å². The number of amides is 1. The van der Waals surface area contributed by atoms with Crippen LogP contribution >= 0.6 is 0 Å². The van der Waals surface area contributed by atoms with Gasteiger partial charge >= 0.3 is 5.97 Å². The Morgan fingerprint density at radius 1 is 1.32 bits per heavy atom. The van der Waals surface area contributed by atoms with E-state index in [1.807, 2.05) is 6.07 Å². The number of aromatic nitrogens is 1. The molecule has 0 saturated heterocycles. The molecule has 0 aliphatic rings. The molecule has 2 aromatic rings. The number of ether oxygens (including phenoxy) is 1. The summed E-state index contributed by atoms with van der Waals surface area (Å²) in [5.41, 5.74) is 1.30. The van der Waals surface area contributed by atoms with Crippen molar-refractivity contribution >= 4 is 17.6 Å². The number of hydrogen-bond acceptors (Lipinski definition) is 5. The second-order valence-corrected chi connectivity index (χ2v) is 6.27. The number of H-pyrrole nitrogens is 1. The van der Waals surface area contributed by atoms with Gasteiger partial charge in [-0.05, 0) is 50.5 Å². The quantitative estimate of drug-likeness (QED) is 0.742. The van der Waals surface area contributed by atoms with E-state index in [2.05, 4.69) is 10.3 Å². The van der Waals surface area contributed by atoms with Gasteiger partial charge in [0, 0.05) is 12.1 Å². The third-order valence-corrected chi connectivity index (χ3v) is 4.31. The SMILES string of the molecule is Cc1[nH]c(=O)c(C#N)c(C)c1CCC(=O)O[C@@H](C)C(=O)Nc1ccccc1F. The second kappa shape index (κ2) is 8.95. The molecule has 146 valence electrons. The zero-order chi connectivity index (χ0) is 20.8. The largest absolute Gasteiger partial charge is 0.453 e. The predicted octanol–water partition coefficient (Wildman–Crippen LogP) is 2.51. The van der Waals surface area contributed by atoms with Gasteiger partial charge in [-0.3, -0.25) is 14.4 Å². The third kappa shape index (κ3) is 4.82. The van der Waals surface area contributed by atoms with E-state index in [1.54, 1.807) is 19.9 Å². The fraction of sp³-hybridized carbons (Fsp3) is 0.300. The van der Waals surface area contributed by atoms with E-state index in [9.17, 15) is 18.8 Å². The first kappa shape index (κ1) is 20.8. The Kier molecular flexibility index (Phi) is 6.66. The molecule has 0 aliphatic heterocycles. The molecule has 0 spiro atoms. The van der Waals surface area contributed by atoms with Gasteiger partial charge in [0.15, 0.2) is 6.10 Å². The summed E-state index contributed by atoms with van der Waals surface area (Å²) in [6.45, 7) is 4.71. The van der Waals surface area contributed by atoms with Crippen molar-refractivity contribution in [2.75, 3.05) is 5.32 Å². The van der Waals surface area contributed by atoms with Gasteiger partial charge in [0.25, 0.3) is 11.5 Å². The lowest BCUT2D eigenvalue weighted by Crippen LogP contribution is -2.30. The summed E-state index contributed by atoms with van der Waals surface area (Å²) in [6.07, 6.45) is -0.918. The molecule has 0 fully saturated rings. The van der Waals surface area contributed by atoms with Crippen molar-refractivity contribution in [1.82, 2.24) is 4.98 Å². The van der Waals surface area contributed by atoms with Crippen LogP contribution in [0.2, 0.25) is 0 Å². The summed E-state index contributed by atoms with van der Waals surface area (Å²) in [5.74, 6) is -1.87. The number of benzene rings is 1. The van der Waals surface area contributed by atoms with Crippen molar-refractivity contribution in [2.24, 2.45) is 0 Å².